The van der Waals surface area contributed by atoms with Gasteiger partial charge in [0.2, 0.25) is 11.8 Å². The lowest BCUT2D eigenvalue weighted by Gasteiger charge is -2.28. The number of carbonyl (C=O) groups is 2. The number of hydrogen-bond acceptors (Lipinski definition) is 4. The van der Waals surface area contributed by atoms with Crippen LogP contribution < -0.4 is 0 Å². The fraction of sp³-hybridized carbons (Fsp3) is 0.471. The van der Waals surface area contributed by atoms with Gasteiger partial charge in [0.15, 0.2) is 0 Å². The summed E-state index contributed by atoms with van der Waals surface area (Å²) in [5.74, 6) is 1.26. The number of fused-ring (bicyclic) bond motifs is 1. The summed E-state index contributed by atoms with van der Waals surface area (Å²) in [6.07, 6.45) is 4.01. The fourth-order valence-electron chi connectivity index (χ4n) is 2.97. The molecule has 0 aliphatic carbocycles. The van der Waals surface area contributed by atoms with Gasteiger partial charge in [-0.3, -0.25) is 9.59 Å². The molecule has 3 heterocycles. The van der Waals surface area contributed by atoms with Crippen LogP contribution in [0.15, 0.2) is 30.6 Å². The molecule has 7 heteroatoms. The number of pyridine rings is 1. The Bertz CT molecular complexity index is 708. The second kappa shape index (κ2) is 7.25. The third kappa shape index (κ3) is 3.26. The average Bonchev–Trinajstić information content (AvgIpc) is 3.22. The molecule has 2 amide bonds. The van der Waals surface area contributed by atoms with Gasteiger partial charge in [0.25, 0.3) is 0 Å². The molecule has 2 aromatic rings. The summed E-state index contributed by atoms with van der Waals surface area (Å²) in [5.41, 5.74) is 1.56. The molecule has 1 fully saturated rings. The lowest BCUT2D eigenvalue weighted by Crippen LogP contribution is -2.49. The minimum absolute atomic E-state index is 0.0334. The van der Waals surface area contributed by atoms with Gasteiger partial charge in [-0.15, -0.1) is 11.8 Å². The Morgan fingerprint density at radius 1 is 1.33 bits per heavy atom. The van der Waals surface area contributed by atoms with Gasteiger partial charge in [-0.25, -0.2) is 4.98 Å². The summed E-state index contributed by atoms with van der Waals surface area (Å²) in [7, 11) is 0. The summed E-state index contributed by atoms with van der Waals surface area (Å²) in [5, 5.41) is 0. The first-order valence-electron chi connectivity index (χ1n) is 8.22. The number of amides is 2. The van der Waals surface area contributed by atoms with Gasteiger partial charge in [-0.2, -0.15) is 0 Å². The molecule has 6 nitrogen and oxygen atoms in total. The van der Waals surface area contributed by atoms with E-state index in [4.69, 9.17) is 0 Å². The lowest BCUT2D eigenvalue weighted by atomic mass is 10.2. The van der Waals surface area contributed by atoms with E-state index in [0.29, 0.717) is 24.7 Å². The van der Waals surface area contributed by atoms with E-state index in [1.165, 1.54) is 0 Å². The van der Waals surface area contributed by atoms with E-state index in [2.05, 4.69) is 4.98 Å². The molecule has 0 bridgehead atoms. The maximum Gasteiger partial charge on any atom is 0.246 e. The monoisotopic (exact) mass is 346 g/mol. The van der Waals surface area contributed by atoms with Crippen molar-refractivity contribution in [3.8, 4) is 0 Å². The number of imidazole rings is 1. The second-order valence-corrected chi connectivity index (χ2v) is 6.76. The molecular weight excluding hydrogens is 324 g/mol. The Kier molecular flexibility index (Phi) is 5.08. The molecule has 24 heavy (non-hydrogen) atoms. The molecule has 128 valence electrons. The van der Waals surface area contributed by atoms with Crippen molar-refractivity contribution in [3.63, 3.8) is 0 Å². The molecule has 1 unspecified atom stereocenters. The van der Waals surface area contributed by atoms with Crippen LogP contribution in [0.1, 0.15) is 19.5 Å². The smallest absolute Gasteiger partial charge is 0.246 e. The molecule has 0 aromatic carbocycles. The molecule has 3 rings (SSSR count). The first-order valence-corrected chi connectivity index (χ1v) is 9.38. The number of hydrogen-bond donors (Lipinski definition) is 0. The van der Waals surface area contributed by atoms with Gasteiger partial charge in [0.1, 0.15) is 11.7 Å². The molecule has 0 N–H and O–H groups in total. The average molecular weight is 346 g/mol. The van der Waals surface area contributed by atoms with Crippen LogP contribution >= 0.6 is 11.8 Å². The SMILES string of the molecule is CCN(CC)C(=O)C1CSCN1C(=O)Cc1cn2ccccc2n1. The highest BCUT2D eigenvalue weighted by Crippen LogP contribution is 2.23. The minimum atomic E-state index is -0.348. The Hall–Kier alpha value is -2.02. The van der Waals surface area contributed by atoms with E-state index >= 15 is 0 Å². The summed E-state index contributed by atoms with van der Waals surface area (Å²) in [6, 6.07) is 5.41. The third-order valence-corrected chi connectivity index (χ3v) is 5.32. The van der Waals surface area contributed by atoms with Crippen molar-refractivity contribution in [1.82, 2.24) is 19.2 Å². The molecule has 2 aromatic heterocycles. The number of likely N-dealkylation sites (N-methyl/N-ethyl adjacent to an activating group) is 1. The largest absolute Gasteiger partial charge is 0.341 e. The molecule has 0 radical (unpaired) electrons. The van der Waals surface area contributed by atoms with Gasteiger partial charge in [0, 0.05) is 31.2 Å². The Morgan fingerprint density at radius 2 is 2.12 bits per heavy atom. The molecule has 1 saturated heterocycles. The first kappa shape index (κ1) is 16.8. The van der Waals surface area contributed by atoms with Gasteiger partial charge < -0.3 is 14.2 Å². The third-order valence-electron chi connectivity index (χ3n) is 4.31. The Labute approximate surface area is 145 Å². The van der Waals surface area contributed by atoms with Crippen molar-refractivity contribution in [2.75, 3.05) is 24.7 Å². The van der Waals surface area contributed by atoms with Crippen LogP contribution in [-0.4, -0.2) is 61.8 Å². The van der Waals surface area contributed by atoms with Crippen LogP contribution in [0.2, 0.25) is 0 Å². The molecule has 1 aliphatic heterocycles. The predicted molar refractivity (Wildman–Crippen MR) is 94.8 cm³/mol. The Morgan fingerprint density at radius 3 is 2.83 bits per heavy atom. The van der Waals surface area contributed by atoms with Crippen LogP contribution in [-0.2, 0) is 16.0 Å². The van der Waals surface area contributed by atoms with E-state index in [1.807, 2.05) is 48.8 Å². The van der Waals surface area contributed by atoms with Crippen molar-refractivity contribution in [2.45, 2.75) is 26.3 Å². The van der Waals surface area contributed by atoms with E-state index in [9.17, 15) is 9.59 Å². The predicted octanol–water partition coefficient (Wildman–Crippen LogP) is 1.65. The Balaban J connectivity index is 1.72. The van der Waals surface area contributed by atoms with Gasteiger partial charge in [-0.1, -0.05) is 6.07 Å². The maximum absolute atomic E-state index is 12.7. The van der Waals surface area contributed by atoms with Crippen LogP contribution in [0.25, 0.3) is 5.65 Å². The maximum atomic E-state index is 12.7. The molecular formula is C17H22N4O2S. The topological polar surface area (TPSA) is 57.9 Å². The van der Waals surface area contributed by atoms with Crippen LogP contribution in [0.5, 0.6) is 0 Å². The van der Waals surface area contributed by atoms with Gasteiger partial charge in [-0.05, 0) is 26.0 Å². The summed E-state index contributed by atoms with van der Waals surface area (Å²) >= 11 is 1.63. The highest BCUT2D eigenvalue weighted by atomic mass is 32.2. The zero-order chi connectivity index (χ0) is 17.1. The summed E-state index contributed by atoms with van der Waals surface area (Å²) in [6.45, 7) is 5.27. The molecule has 0 saturated carbocycles. The summed E-state index contributed by atoms with van der Waals surface area (Å²) in [4.78, 5) is 33.3. The van der Waals surface area contributed by atoms with Crippen LogP contribution in [0, 0.1) is 0 Å². The lowest BCUT2D eigenvalue weighted by molar-refractivity contribution is -0.142. The van der Waals surface area contributed by atoms with Gasteiger partial charge in [0.05, 0.1) is 18.0 Å². The van der Waals surface area contributed by atoms with E-state index in [-0.39, 0.29) is 24.3 Å². The zero-order valence-corrected chi connectivity index (χ0v) is 14.8. The molecule has 0 spiro atoms. The van der Waals surface area contributed by atoms with Gasteiger partial charge >= 0.3 is 0 Å². The van der Waals surface area contributed by atoms with E-state index < -0.39 is 0 Å². The number of nitrogens with zero attached hydrogens (tertiary/aromatic N) is 4. The summed E-state index contributed by atoms with van der Waals surface area (Å²) < 4.78 is 1.90. The highest BCUT2D eigenvalue weighted by Gasteiger charge is 2.36. The standard InChI is InChI=1S/C17H22N4O2S/c1-3-19(4-2)17(23)14-11-24-12-21(14)16(22)9-13-10-20-8-6-5-7-15(20)18-13/h5-8,10,14H,3-4,9,11-12H2,1-2H3. The zero-order valence-electron chi connectivity index (χ0n) is 14.0. The normalized spacial score (nSPS) is 17.4. The highest BCUT2D eigenvalue weighted by molar-refractivity contribution is 7.99. The van der Waals surface area contributed by atoms with Crippen molar-refractivity contribution >= 4 is 29.2 Å². The quantitative estimate of drug-likeness (QED) is 0.826. The number of aromatic nitrogens is 2. The first-order chi connectivity index (χ1) is 11.6. The van der Waals surface area contributed by atoms with Crippen LogP contribution in [0.4, 0.5) is 0 Å². The van der Waals surface area contributed by atoms with E-state index in [1.54, 1.807) is 21.6 Å². The van der Waals surface area contributed by atoms with E-state index in [0.717, 1.165) is 11.3 Å². The number of carbonyl (C=O) groups excluding carboxylic acids is 2. The molecule has 1 aliphatic rings. The van der Waals surface area contributed by atoms with Crippen molar-refractivity contribution < 1.29 is 9.59 Å². The van der Waals surface area contributed by atoms with Crippen molar-refractivity contribution in [2.24, 2.45) is 0 Å². The number of rotatable bonds is 5. The number of thioether (sulfide) groups is 1. The van der Waals surface area contributed by atoms with Crippen molar-refractivity contribution in [1.29, 1.82) is 0 Å². The minimum Gasteiger partial charge on any atom is -0.341 e. The van der Waals surface area contributed by atoms with Crippen molar-refractivity contribution in [3.05, 3.63) is 36.3 Å². The second-order valence-electron chi connectivity index (χ2n) is 5.76. The fourth-order valence-corrected chi connectivity index (χ4v) is 4.14. The van der Waals surface area contributed by atoms with Crippen LogP contribution in [0.3, 0.4) is 0 Å². The molecule has 1 atom stereocenters.